The first-order valence-electron chi connectivity index (χ1n) is 9.31. The van der Waals surface area contributed by atoms with Crippen molar-refractivity contribution in [1.82, 2.24) is 30.6 Å². The number of carbonyl (C=O) groups excluding carboxylic acids is 2. The van der Waals surface area contributed by atoms with Crippen molar-refractivity contribution in [3.05, 3.63) is 87.8 Å². The molecule has 0 radical (unpaired) electrons. The fourth-order valence-electron chi connectivity index (χ4n) is 2.77. The number of aromatic nitrogens is 4. The zero-order chi connectivity index (χ0) is 21.8. The predicted octanol–water partition coefficient (Wildman–Crippen LogP) is 2.02. The minimum Gasteiger partial charge on any atom is -0.333 e. The van der Waals surface area contributed by atoms with Gasteiger partial charge in [-0.05, 0) is 35.9 Å². The molecular weight excluding hydrogens is 416 g/mol. The second-order valence-electron chi connectivity index (χ2n) is 6.63. The summed E-state index contributed by atoms with van der Waals surface area (Å²) in [7, 11) is 1.44. The summed E-state index contributed by atoms with van der Waals surface area (Å²) in [6.07, 6.45) is 0. The molecule has 2 aromatic heterocycles. The van der Waals surface area contributed by atoms with Gasteiger partial charge in [0.15, 0.2) is 10.9 Å². The van der Waals surface area contributed by atoms with Crippen LogP contribution in [0.4, 0.5) is 0 Å². The predicted molar refractivity (Wildman–Crippen MR) is 117 cm³/mol. The van der Waals surface area contributed by atoms with Crippen LogP contribution in [-0.2, 0) is 12.8 Å². The second kappa shape index (κ2) is 8.84. The smallest absolute Gasteiger partial charge is 0.290 e. The Morgan fingerprint density at radius 3 is 2.48 bits per heavy atom. The lowest BCUT2D eigenvalue weighted by atomic mass is 10.1. The van der Waals surface area contributed by atoms with E-state index >= 15 is 0 Å². The lowest BCUT2D eigenvalue weighted by Crippen LogP contribution is -2.42. The van der Waals surface area contributed by atoms with Crippen molar-refractivity contribution < 1.29 is 9.59 Å². The number of imidazole rings is 1. The van der Waals surface area contributed by atoms with E-state index in [4.69, 9.17) is 0 Å². The van der Waals surface area contributed by atoms with Crippen molar-refractivity contribution in [3.8, 4) is 0 Å². The molecule has 0 saturated heterocycles. The van der Waals surface area contributed by atoms with E-state index in [1.165, 1.54) is 19.2 Å². The van der Waals surface area contributed by atoms with Gasteiger partial charge in [0.1, 0.15) is 0 Å². The number of hydrogen-bond donors (Lipinski definition) is 3. The molecule has 0 atom stereocenters. The maximum absolute atomic E-state index is 12.3. The molecular formula is C21H18N6O3S. The minimum absolute atomic E-state index is 0.0142. The fraction of sp³-hybridized carbons (Fsp3) is 0.0952. The highest BCUT2D eigenvalue weighted by molar-refractivity contribution is 7.98. The molecule has 2 aromatic carbocycles. The number of nitrogens with zero attached hydrogens (tertiary/aromatic N) is 3. The zero-order valence-electron chi connectivity index (χ0n) is 16.5. The van der Waals surface area contributed by atoms with Crippen LogP contribution in [0, 0.1) is 0 Å². The van der Waals surface area contributed by atoms with Crippen molar-refractivity contribution in [2.75, 3.05) is 0 Å². The highest BCUT2D eigenvalue weighted by atomic mass is 32.2. The lowest BCUT2D eigenvalue weighted by molar-refractivity contribution is 0.0842. The largest absolute Gasteiger partial charge is 0.333 e. The van der Waals surface area contributed by atoms with Crippen molar-refractivity contribution in [1.29, 1.82) is 0 Å². The first-order chi connectivity index (χ1) is 15.0. The van der Waals surface area contributed by atoms with Crippen LogP contribution in [-0.4, -0.2) is 31.6 Å². The number of para-hydroxylation sites is 2. The van der Waals surface area contributed by atoms with E-state index in [-0.39, 0.29) is 11.3 Å². The molecule has 0 bridgehead atoms. The number of rotatable bonds is 5. The third-order valence-electron chi connectivity index (χ3n) is 4.44. The number of thioether (sulfide) groups is 1. The summed E-state index contributed by atoms with van der Waals surface area (Å²) in [4.78, 5) is 43.5. The Bertz CT molecular complexity index is 1280. The number of carbonyl (C=O) groups is 2. The van der Waals surface area contributed by atoms with Gasteiger partial charge in [0.05, 0.1) is 11.0 Å². The molecule has 4 aromatic rings. The minimum atomic E-state index is -0.622. The lowest BCUT2D eigenvalue weighted by Gasteiger charge is -2.08. The Morgan fingerprint density at radius 2 is 1.74 bits per heavy atom. The molecule has 0 fully saturated rings. The van der Waals surface area contributed by atoms with Crippen LogP contribution in [0.1, 0.15) is 26.4 Å². The number of amides is 2. The molecule has 4 rings (SSSR count). The van der Waals surface area contributed by atoms with Gasteiger partial charge in [-0.15, -0.1) is 0 Å². The number of aryl methyl sites for hydroxylation is 1. The Labute approximate surface area is 180 Å². The van der Waals surface area contributed by atoms with Crippen LogP contribution in [0.5, 0.6) is 0 Å². The number of hydrogen-bond acceptors (Lipinski definition) is 6. The van der Waals surface area contributed by atoms with Gasteiger partial charge in [-0.2, -0.15) is 5.10 Å². The molecule has 156 valence electrons. The van der Waals surface area contributed by atoms with Gasteiger partial charge in [0.25, 0.3) is 17.4 Å². The summed E-state index contributed by atoms with van der Waals surface area (Å²) in [5.41, 5.74) is 7.64. The third kappa shape index (κ3) is 4.81. The topological polar surface area (TPSA) is 122 Å². The number of nitrogens with one attached hydrogen (secondary N) is 3. The van der Waals surface area contributed by atoms with Crippen molar-refractivity contribution in [2.24, 2.45) is 7.05 Å². The van der Waals surface area contributed by atoms with Crippen molar-refractivity contribution in [2.45, 2.75) is 10.9 Å². The number of aromatic amines is 1. The highest BCUT2D eigenvalue weighted by Gasteiger charge is 2.11. The van der Waals surface area contributed by atoms with E-state index in [0.717, 1.165) is 26.4 Å². The SMILES string of the molecule is Cn1nc(C(=O)NNC(=O)c2ccc(CSc3nc4ccccc4[nH]3)cc2)ccc1=O. The number of fused-ring (bicyclic) bond motifs is 1. The summed E-state index contributed by atoms with van der Waals surface area (Å²) < 4.78 is 1.04. The zero-order valence-corrected chi connectivity index (χ0v) is 17.3. The van der Waals surface area contributed by atoms with E-state index in [1.54, 1.807) is 23.9 Å². The number of benzene rings is 2. The molecule has 0 spiro atoms. The Morgan fingerprint density at radius 1 is 1.00 bits per heavy atom. The van der Waals surface area contributed by atoms with E-state index in [0.29, 0.717) is 11.3 Å². The van der Waals surface area contributed by atoms with Crippen molar-refractivity contribution in [3.63, 3.8) is 0 Å². The van der Waals surface area contributed by atoms with Crippen LogP contribution in [0.2, 0.25) is 0 Å². The molecule has 10 heteroatoms. The van der Waals surface area contributed by atoms with Gasteiger partial charge >= 0.3 is 0 Å². The van der Waals surface area contributed by atoms with Gasteiger partial charge in [-0.3, -0.25) is 25.2 Å². The summed E-state index contributed by atoms with van der Waals surface area (Å²) in [6.45, 7) is 0. The number of H-pyrrole nitrogens is 1. The van der Waals surface area contributed by atoms with Crippen LogP contribution in [0.25, 0.3) is 11.0 Å². The molecule has 0 unspecified atom stereocenters. The van der Waals surface area contributed by atoms with Gasteiger partial charge in [0, 0.05) is 24.4 Å². The summed E-state index contributed by atoms with van der Waals surface area (Å²) >= 11 is 1.57. The molecule has 0 aliphatic rings. The Kier molecular flexibility index (Phi) is 5.80. The molecule has 3 N–H and O–H groups in total. The second-order valence-corrected chi connectivity index (χ2v) is 7.60. The average molecular weight is 434 g/mol. The Balaban J connectivity index is 1.31. The van der Waals surface area contributed by atoms with Crippen molar-refractivity contribution >= 4 is 34.6 Å². The normalized spacial score (nSPS) is 10.7. The van der Waals surface area contributed by atoms with E-state index in [1.807, 2.05) is 36.4 Å². The van der Waals surface area contributed by atoms with E-state index in [2.05, 4.69) is 25.9 Å². The van der Waals surface area contributed by atoms with Crippen LogP contribution in [0.3, 0.4) is 0 Å². The maximum Gasteiger partial charge on any atom is 0.290 e. The molecule has 0 saturated carbocycles. The van der Waals surface area contributed by atoms with Gasteiger partial charge in [0.2, 0.25) is 0 Å². The molecule has 31 heavy (non-hydrogen) atoms. The first-order valence-corrected chi connectivity index (χ1v) is 10.3. The summed E-state index contributed by atoms with van der Waals surface area (Å²) in [5, 5.41) is 4.66. The van der Waals surface area contributed by atoms with Gasteiger partial charge in [-0.1, -0.05) is 36.0 Å². The standard InChI is InChI=1S/C21H18N6O3S/c1-27-18(28)11-10-17(26-27)20(30)25-24-19(29)14-8-6-13(7-9-14)12-31-21-22-15-4-2-3-5-16(15)23-21/h2-11H,12H2,1H3,(H,22,23)(H,24,29)(H,25,30). The van der Waals surface area contributed by atoms with E-state index < -0.39 is 11.8 Å². The average Bonchev–Trinajstić information content (AvgIpc) is 3.21. The summed E-state index contributed by atoms with van der Waals surface area (Å²) in [5.74, 6) is -0.394. The first kappa shape index (κ1) is 20.4. The molecule has 0 aliphatic heterocycles. The van der Waals surface area contributed by atoms with E-state index in [9.17, 15) is 14.4 Å². The maximum atomic E-state index is 12.3. The molecule has 9 nitrogen and oxygen atoms in total. The summed E-state index contributed by atoms with van der Waals surface area (Å²) in [6, 6.07) is 17.4. The molecule has 0 aliphatic carbocycles. The van der Waals surface area contributed by atoms with Gasteiger partial charge < -0.3 is 4.98 Å². The quantitative estimate of drug-likeness (QED) is 0.326. The molecule has 2 amide bonds. The Hall–Kier alpha value is -3.92. The van der Waals surface area contributed by atoms with Crippen LogP contribution >= 0.6 is 11.8 Å². The fourth-order valence-corrected chi connectivity index (χ4v) is 3.62. The number of hydrazine groups is 1. The van der Waals surface area contributed by atoms with Crippen LogP contribution < -0.4 is 16.4 Å². The monoisotopic (exact) mass is 434 g/mol. The van der Waals surface area contributed by atoms with Crippen LogP contribution in [0.15, 0.2) is 70.6 Å². The highest BCUT2D eigenvalue weighted by Crippen LogP contribution is 2.23. The van der Waals surface area contributed by atoms with Gasteiger partial charge in [-0.25, -0.2) is 9.67 Å². The third-order valence-corrected chi connectivity index (χ3v) is 5.39. The molecule has 2 heterocycles.